The number of carbonyl (C=O) groups excluding carboxylic acids is 2. The van der Waals surface area contributed by atoms with Gasteiger partial charge in [0, 0.05) is 22.4 Å². The van der Waals surface area contributed by atoms with Gasteiger partial charge in [-0.05, 0) is 49.2 Å². The van der Waals surface area contributed by atoms with Crippen molar-refractivity contribution in [1.29, 1.82) is 0 Å². The Bertz CT molecular complexity index is 916. The highest BCUT2D eigenvalue weighted by Crippen LogP contribution is 2.23. The van der Waals surface area contributed by atoms with Gasteiger partial charge in [-0.15, -0.1) is 0 Å². The molecule has 0 aliphatic carbocycles. The lowest BCUT2D eigenvalue weighted by atomic mass is 9.96. The zero-order valence-electron chi connectivity index (χ0n) is 14.2. The lowest BCUT2D eigenvalue weighted by Gasteiger charge is -2.13. The summed E-state index contributed by atoms with van der Waals surface area (Å²) in [4.78, 5) is 25.0. The predicted octanol–water partition coefficient (Wildman–Crippen LogP) is 4.79. The molecule has 0 aliphatic rings. The molecule has 1 amide bonds. The molecule has 0 radical (unpaired) electrons. The second-order valence-corrected chi connectivity index (χ2v) is 6.00. The number of nitrogens with one attached hydrogen (secondary N) is 1. The van der Waals surface area contributed by atoms with Gasteiger partial charge in [0.05, 0.1) is 0 Å². The van der Waals surface area contributed by atoms with Crippen LogP contribution in [0.4, 0.5) is 5.69 Å². The first-order valence-corrected chi connectivity index (χ1v) is 8.13. The van der Waals surface area contributed by atoms with Crippen molar-refractivity contribution in [2.24, 2.45) is 0 Å². The number of hydrogen-bond donors (Lipinski definition) is 1. The second kappa shape index (κ2) is 7.14. The number of anilines is 1. The van der Waals surface area contributed by atoms with Crippen LogP contribution in [-0.4, -0.2) is 11.7 Å². The van der Waals surface area contributed by atoms with Crippen LogP contribution in [-0.2, 0) is 0 Å². The molecule has 3 aromatic rings. The highest BCUT2D eigenvalue weighted by molar-refractivity contribution is 6.11. The first-order valence-electron chi connectivity index (χ1n) is 8.13. The average Bonchev–Trinajstić information content (AvgIpc) is 2.65. The maximum absolute atomic E-state index is 12.7. The Balaban J connectivity index is 1.88. The molecule has 3 nitrogen and oxygen atoms in total. The lowest BCUT2D eigenvalue weighted by molar-refractivity contribution is 0.102. The van der Waals surface area contributed by atoms with E-state index in [-0.39, 0.29) is 11.7 Å². The van der Waals surface area contributed by atoms with Crippen LogP contribution in [0.3, 0.4) is 0 Å². The van der Waals surface area contributed by atoms with Gasteiger partial charge in [0.15, 0.2) is 5.78 Å². The minimum Gasteiger partial charge on any atom is -0.322 e. The van der Waals surface area contributed by atoms with Gasteiger partial charge in [-0.2, -0.15) is 0 Å². The molecule has 124 valence electrons. The fourth-order valence-corrected chi connectivity index (χ4v) is 2.72. The molecular weight excluding hydrogens is 310 g/mol. The molecule has 0 bridgehead atoms. The number of amides is 1. The quantitative estimate of drug-likeness (QED) is 0.700. The van der Waals surface area contributed by atoms with Crippen molar-refractivity contribution in [2.45, 2.75) is 13.8 Å². The Morgan fingerprint density at radius 2 is 1.28 bits per heavy atom. The molecule has 0 unspecified atom stereocenters. The van der Waals surface area contributed by atoms with E-state index in [0.29, 0.717) is 16.7 Å². The number of hydrogen-bond acceptors (Lipinski definition) is 2. The van der Waals surface area contributed by atoms with Crippen LogP contribution in [0.15, 0.2) is 72.8 Å². The van der Waals surface area contributed by atoms with Crippen molar-refractivity contribution in [1.82, 2.24) is 0 Å². The molecule has 0 heterocycles. The number of carbonyl (C=O) groups is 2. The third-order valence-electron chi connectivity index (χ3n) is 4.14. The summed E-state index contributed by atoms with van der Waals surface area (Å²) in [5.74, 6) is -0.174. The van der Waals surface area contributed by atoms with Crippen LogP contribution >= 0.6 is 0 Å². The van der Waals surface area contributed by atoms with Gasteiger partial charge in [0.2, 0.25) is 0 Å². The van der Waals surface area contributed by atoms with E-state index in [1.165, 1.54) is 0 Å². The molecule has 0 atom stereocenters. The molecular formula is C22H19NO2. The van der Waals surface area contributed by atoms with Crippen LogP contribution in [0.2, 0.25) is 0 Å². The topological polar surface area (TPSA) is 46.2 Å². The number of benzene rings is 3. The highest BCUT2D eigenvalue weighted by Gasteiger charge is 2.15. The van der Waals surface area contributed by atoms with Gasteiger partial charge in [-0.1, -0.05) is 48.5 Å². The zero-order valence-corrected chi connectivity index (χ0v) is 14.2. The number of aryl methyl sites for hydroxylation is 2. The Kier molecular flexibility index (Phi) is 4.75. The maximum atomic E-state index is 12.7. The van der Waals surface area contributed by atoms with Crippen molar-refractivity contribution in [3.05, 3.63) is 101 Å². The van der Waals surface area contributed by atoms with Crippen LogP contribution in [0.5, 0.6) is 0 Å². The summed E-state index contributed by atoms with van der Waals surface area (Å²) in [6, 6.07) is 22.0. The van der Waals surface area contributed by atoms with E-state index < -0.39 is 0 Å². The van der Waals surface area contributed by atoms with E-state index in [2.05, 4.69) is 5.32 Å². The minimum absolute atomic E-state index is 0.0119. The van der Waals surface area contributed by atoms with E-state index in [1.54, 1.807) is 12.1 Å². The fourth-order valence-electron chi connectivity index (χ4n) is 2.72. The standard InChI is InChI=1S/C22H19NO2/c1-15-14-20(23-22(25)18-11-7-4-8-12-18)16(2)13-19(15)21(24)17-9-5-3-6-10-17/h3-14H,1-2H3,(H,23,25). The van der Waals surface area contributed by atoms with Crippen molar-refractivity contribution in [2.75, 3.05) is 5.32 Å². The second-order valence-electron chi connectivity index (χ2n) is 6.00. The fraction of sp³-hybridized carbons (Fsp3) is 0.0909. The summed E-state index contributed by atoms with van der Waals surface area (Å²) in [6.45, 7) is 3.77. The highest BCUT2D eigenvalue weighted by atomic mass is 16.1. The molecule has 25 heavy (non-hydrogen) atoms. The van der Waals surface area contributed by atoms with Gasteiger partial charge in [-0.25, -0.2) is 0 Å². The van der Waals surface area contributed by atoms with Crippen LogP contribution in [0.1, 0.15) is 37.4 Å². The van der Waals surface area contributed by atoms with E-state index in [4.69, 9.17) is 0 Å². The molecule has 1 N–H and O–H groups in total. The Morgan fingerprint density at radius 1 is 0.720 bits per heavy atom. The third-order valence-corrected chi connectivity index (χ3v) is 4.14. The predicted molar refractivity (Wildman–Crippen MR) is 100 cm³/mol. The lowest BCUT2D eigenvalue weighted by Crippen LogP contribution is -2.13. The van der Waals surface area contributed by atoms with Crippen molar-refractivity contribution < 1.29 is 9.59 Å². The van der Waals surface area contributed by atoms with Crippen molar-refractivity contribution in [3.63, 3.8) is 0 Å². The summed E-state index contributed by atoms with van der Waals surface area (Å²) in [5.41, 5.74) is 4.32. The van der Waals surface area contributed by atoms with E-state index in [0.717, 1.165) is 16.8 Å². The van der Waals surface area contributed by atoms with Gasteiger partial charge in [-0.3, -0.25) is 9.59 Å². The molecule has 3 aromatic carbocycles. The van der Waals surface area contributed by atoms with Gasteiger partial charge in [0.1, 0.15) is 0 Å². The normalized spacial score (nSPS) is 10.3. The smallest absolute Gasteiger partial charge is 0.255 e. The van der Waals surface area contributed by atoms with Gasteiger partial charge < -0.3 is 5.32 Å². The van der Waals surface area contributed by atoms with Gasteiger partial charge >= 0.3 is 0 Å². The molecule has 0 aliphatic heterocycles. The monoisotopic (exact) mass is 329 g/mol. The summed E-state index contributed by atoms with van der Waals surface area (Å²) in [5, 5.41) is 2.92. The van der Waals surface area contributed by atoms with Crippen molar-refractivity contribution >= 4 is 17.4 Å². The average molecular weight is 329 g/mol. The molecule has 0 aromatic heterocycles. The van der Waals surface area contributed by atoms with Crippen molar-refractivity contribution in [3.8, 4) is 0 Å². The third kappa shape index (κ3) is 3.66. The molecule has 3 rings (SSSR count). The first kappa shape index (κ1) is 16.7. The summed E-state index contributed by atoms with van der Waals surface area (Å²) in [7, 11) is 0. The van der Waals surface area contributed by atoms with Crippen LogP contribution < -0.4 is 5.32 Å². The molecule has 0 saturated carbocycles. The Hall–Kier alpha value is -3.20. The van der Waals surface area contributed by atoms with E-state index in [9.17, 15) is 9.59 Å². The first-order chi connectivity index (χ1) is 12.1. The zero-order chi connectivity index (χ0) is 17.8. The summed E-state index contributed by atoms with van der Waals surface area (Å²) >= 11 is 0. The Morgan fingerprint density at radius 3 is 1.88 bits per heavy atom. The molecule has 0 saturated heterocycles. The number of ketones is 1. The van der Waals surface area contributed by atoms with E-state index >= 15 is 0 Å². The minimum atomic E-state index is -0.162. The SMILES string of the molecule is Cc1cc(C(=O)c2ccccc2)c(C)cc1NC(=O)c1ccccc1. The molecule has 0 fully saturated rings. The maximum Gasteiger partial charge on any atom is 0.255 e. The van der Waals surface area contributed by atoms with Crippen LogP contribution in [0, 0.1) is 13.8 Å². The van der Waals surface area contributed by atoms with E-state index in [1.807, 2.05) is 74.5 Å². The summed E-state index contributed by atoms with van der Waals surface area (Å²) in [6.07, 6.45) is 0. The summed E-state index contributed by atoms with van der Waals surface area (Å²) < 4.78 is 0. The number of rotatable bonds is 4. The van der Waals surface area contributed by atoms with Gasteiger partial charge in [0.25, 0.3) is 5.91 Å². The van der Waals surface area contributed by atoms with Crippen LogP contribution in [0.25, 0.3) is 0 Å². The molecule has 3 heteroatoms. The largest absolute Gasteiger partial charge is 0.322 e. The Labute approximate surface area is 147 Å². The molecule has 0 spiro atoms.